The maximum Gasteiger partial charge on any atom is 0.293 e. The fourth-order valence-corrected chi connectivity index (χ4v) is 5.30. The maximum absolute atomic E-state index is 14.0. The van der Waals surface area contributed by atoms with Gasteiger partial charge in [-0.3, -0.25) is 44.2 Å². The molecule has 0 aliphatic heterocycles. The molecule has 6 rings (SSSR count). The SMILES string of the molecule is O=C([O-])c1ccc(C(=O)c2c3c(=O)n(-c4ccccc4[N+](=O)[O-])c(=O)c3cc3c(=O)n(-c4ccccc4[N+](=O)[O-])c(=O)c23)cc1. The van der Waals surface area contributed by atoms with Crippen molar-refractivity contribution < 1.29 is 24.5 Å². The lowest BCUT2D eigenvalue weighted by molar-refractivity contribution is -0.384. The van der Waals surface area contributed by atoms with Crippen LogP contribution in [0.3, 0.4) is 0 Å². The normalized spacial score (nSPS) is 11.2. The highest BCUT2D eigenvalue weighted by atomic mass is 16.6. The van der Waals surface area contributed by atoms with Crippen molar-refractivity contribution in [2.45, 2.75) is 0 Å². The minimum absolute atomic E-state index is 0.260. The van der Waals surface area contributed by atoms with E-state index >= 15 is 0 Å². The van der Waals surface area contributed by atoms with E-state index in [2.05, 4.69) is 0 Å². The number of ketones is 1. The van der Waals surface area contributed by atoms with Crippen molar-refractivity contribution in [2.24, 2.45) is 0 Å². The van der Waals surface area contributed by atoms with E-state index in [0.717, 1.165) is 54.6 Å². The highest BCUT2D eigenvalue weighted by Crippen LogP contribution is 2.29. The highest BCUT2D eigenvalue weighted by Gasteiger charge is 2.32. The Kier molecular flexibility index (Phi) is 6.35. The van der Waals surface area contributed by atoms with Crippen LogP contribution in [0.1, 0.15) is 26.3 Å². The topological polar surface area (TPSA) is 222 Å². The third-order valence-corrected chi connectivity index (χ3v) is 7.28. The van der Waals surface area contributed by atoms with Gasteiger partial charge >= 0.3 is 0 Å². The Morgan fingerprint density at radius 3 is 1.38 bits per heavy atom. The predicted molar refractivity (Wildman–Crippen MR) is 155 cm³/mol. The number of nitro benzene ring substituents is 2. The molecule has 0 spiro atoms. The van der Waals surface area contributed by atoms with Crippen molar-refractivity contribution in [3.05, 3.63) is 157 Å². The molecule has 0 saturated heterocycles. The summed E-state index contributed by atoms with van der Waals surface area (Å²) >= 11 is 0. The second-order valence-electron chi connectivity index (χ2n) is 9.67. The number of aromatic nitrogens is 2. The van der Waals surface area contributed by atoms with Crippen LogP contribution < -0.4 is 27.3 Å². The van der Waals surface area contributed by atoms with Crippen LogP contribution in [0, 0.1) is 20.2 Å². The Hall–Kier alpha value is -6.90. The quantitative estimate of drug-likeness (QED) is 0.143. The summed E-state index contributed by atoms with van der Waals surface area (Å²) in [5.41, 5.74) is -8.13. The number of carbonyl (C=O) groups is 2. The molecule has 0 aliphatic carbocycles. The molecule has 2 heterocycles. The molecule has 45 heavy (non-hydrogen) atoms. The average Bonchev–Trinajstić information content (AvgIpc) is 3.43. The molecule has 0 radical (unpaired) electrons. The minimum atomic E-state index is -1.56. The van der Waals surface area contributed by atoms with Crippen molar-refractivity contribution in [1.29, 1.82) is 0 Å². The lowest BCUT2D eigenvalue weighted by atomic mass is 9.94. The molecule has 0 unspecified atom stereocenters. The number of nitrogens with zero attached hydrogens (tertiary/aromatic N) is 4. The van der Waals surface area contributed by atoms with E-state index in [0.29, 0.717) is 9.13 Å². The summed E-state index contributed by atoms with van der Waals surface area (Å²) in [6, 6.07) is 14.6. The maximum atomic E-state index is 14.0. The van der Waals surface area contributed by atoms with Gasteiger partial charge in [-0.25, -0.2) is 9.13 Å². The molecule has 6 aromatic rings. The van der Waals surface area contributed by atoms with Crippen LogP contribution in [0.15, 0.2) is 98.0 Å². The number of carboxylic acid groups (broad SMARTS) is 1. The molecule has 4 aromatic carbocycles. The summed E-state index contributed by atoms with van der Waals surface area (Å²) < 4.78 is 0.894. The first kappa shape index (κ1) is 28.2. The Balaban J connectivity index is 1.79. The van der Waals surface area contributed by atoms with Crippen molar-refractivity contribution in [1.82, 2.24) is 9.13 Å². The molecule has 220 valence electrons. The van der Waals surface area contributed by atoms with Crippen molar-refractivity contribution in [3.63, 3.8) is 0 Å². The summed E-state index contributed by atoms with van der Waals surface area (Å²) in [5, 5.41) is 32.3. The Morgan fingerprint density at radius 1 is 0.578 bits per heavy atom. The van der Waals surface area contributed by atoms with E-state index < -0.39 is 93.7 Å². The summed E-state index contributed by atoms with van der Waals surface area (Å²) in [6.07, 6.45) is 0. The van der Waals surface area contributed by atoms with E-state index in [1.807, 2.05) is 0 Å². The van der Waals surface area contributed by atoms with Crippen LogP contribution in [0.2, 0.25) is 0 Å². The van der Waals surface area contributed by atoms with Gasteiger partial charge in [0, 0.05) is 23.3 Å². The molecular weight excluding hydrogens is 592 g/mol. The fourth-order valence-electron chi connectivity index (χ4n) is 5.30. The molecule has 0 atom stereocenters. The second kappa shape index (κ2) is 10.1. The smallest absolute Gasteiger partial charge is 0.293 e. The molecule has 15 heteroatoms. The zero-order chi connectivity index (χ0) is 32.3. The number of nitro groups is 2. The van der Waals surface area contributed by atoms with Gasteiger partial charge in [0.2, 0.25) is 0 Å². The zero-order valence-electron chi connectivity index (χ0n) is 22.3. The number of carboxylic acids is 1. The summed E-state index contributed by atoms with van der Waals surface area (Å²) in [4.78, 5) is 102. The third kappa shape index (κ3) is 4.14. The molecule has 0 fully saturated rings. The Labute approximate surface area is 247 Å². The van der Waals surface area contributed by atoms with Crippen LogP contribution >= 0.6 is 0 Å². The lowest BCUT2D eigenvalue weighted by Gasteiger charge is -2.06. The highest BCUT2D eigenvalue weighted by molar-refractivity contribution is 6.24. The lowest BCUT2D eigenvalue weighted by Crippen LogP contribution is -2.25. The first-order chi connectivity index (χ1) is 21.4. The third-order valence-electron chi connectivity index (χ3n) is 7.28. The second-order valence-corrected chi connectivity index (χ2v) is 9.67. The van der Waals surface area contributed by atoms with Crippen molar-refractivity contribution in [2.75, 3.05) is 0 Å². The van der Waals surface area contributed by atoms with Gasteiger partial charge in [-0.15, -0.1) is 0 Å². The molecule has 2 aromatic heterocycles. The fraction of sp³-hybridized carbons (Fsp3) is 0. The standard InChI is InChI=1S/C30H14N4O11/c35-25(14-9-11-15(12-10-14)30(40)41)24-22-16(26(36)31(28(22)38)18-5-1-3-7-20(18)33(42)43)13-17-23(24)29(39)32(27(17)37)19-6-2-4-8-21(19)34(44)45/h1-13H,(H,40,41)/p-1. The minimum Gasteiger partial charge on any atom is -0.545 e. The van der Waals surface area contributed by atoms with Gasteiger partial charge in [-0.2, -0.15) is 0 Å². The van der Waals surface area contributed by atoms with Crippen LogP contribution in [-0.4, -0.2) is 30.7 Å². The molecule has 0 amide bonds. The van der Waals surface area contributed by atoms with Crippen LogP contribution in [0.4, 0.5) is 11.4 Å². The van der Waals surface area contributed by atoms with E-state index in [-0.39, 0.29) is 11.1 Å². The van der Waals surface area contributed by atoms with Gasteiger partial charge in [-0.05, 0) is 23.8 Å². The summed E-state index contributed by atoms with van der Waals surface area (Å²) in [7, 11) is 0. The average molecular weight is 605 g/mol. The number of para-hydroxylation sites is 4. The van der Waals surface area contributed by atoms with Gasteiger partial charge in [0.25, 0.3) is 33.6 Å². The molecule has 0 N–H and O–H groups in total. The Bertz CT molecular complexity index is 2380. The number of carbonyl (C=O) groups excluding carboxylic acids is 2. The molecule has 0 saturated carbocycles. The number of aromatic carboxylic acids is 1. The predicted octanol–water partition coefficient (Wildman–Crippen LogP) is 1.30. The van der Waals surface area contributed by atoms with Crippen LogP contribution in [0.5, 0.6) is 0 Å². The zero-order valence-corrected chi connectivity index (χ0v) is 22.3. The van der Waals surface area contributed by atoms with Crippen molar-refractivity contribution in [3.8, 4) is 11.4 Å². The van der Waals surface area contributed by atoms with Gasteiger partial charge in [0.1, 0.15) is 11.4 Å². The molecular formula is C30H13N4O11-. The number of fused-ring (bicyclic) bond motifs is 2. The van der Waals surface area contributed by atoms with Crippen LogP contribution in [-0.2, 0) is 0 Å². The first-order valence-corrected chi connectivity index (χ1v) is 12.8. The van der Waals surface area contributed by atoms with E-state index in [1.54, 1.807) is 0 Å². The van der Waals surface area contributed by atoms with E-state index in [4.69, 9.17) is 0 Å². The monoisotopic (exact) mass is 605 g/mol. The van der Waals surface area contributed by atoms with Gasteiger partial charge < -0.3 is 9.90 Å². The van der Waals surface area contributed by atoms with Crippen LogP contribution in [0.25, 0.3) is 32.9 Å². The van der Waals surface area contributed by atoms with E-state index in [1.165, 1.54) is 24.3 Å². The largest absolute Gasteiger partial charge is 0.545 e. The number of benzene rings is 4. The Morgan fingerprint density at radius 2 is 0.978 bits per heavy atom. The van der Waals surface area contributed by atoms with Gasteiger partial charge in [-0.1, -0.05) is 48.5 Å². The molecule has 15 nitrogen and oxygen atoms in total. The number of rotatable bonds is 7. The van der Waals surface area contributed by atoms with E-state index in [9.17, 15) is 54.1 Å². The number of hydrogen-bond acceptors (Lipinski definition) is 11. The van der Waals surface area contributed by atoms with Crippen molar-refractivity contribution >= 4 is 44.7 Å². The molecule has 0 bridgehead atoms. The summed E-state index contributed by atoms with van der Waals surface area (Å²) in [5.74, 6) is -2.64. The summed E-state index contributed by atoms with van der Waals surface area (Å²) in [6.45, 7) is 0. The van der Waals surface area contributed by atoms with Gasteiger partial charge in [0.15, 0.2) is 5.78 Å². The number of hydrogen-bond donors (Lipinski definition) is 0. The first-order valence-electron chi connectivity index (χ1n) is 12.8. The van der Waals surface area contributed by atoms with Gasteiger partial charge in [0.05, 0.1) is 37.4 Å². The molecule has 0 aliphatic rings.